The predicted octanol–water partition coefficient (Wildman–Crippen LogP) is 4.63. The van der Waals surface area contributed by atoms with Gasteiger partial charge < -0.3 is 10.4 Å². The van der Waals surface area contributed by atoms with Crippen LogP contribution in [0.15, 0.2) is 42.5 Å². The molecule has 9 nitrogen and oxygen atoms in total. The Kier molecular flexibility index (Phi) is 11.3. The summed E-state index contributed by atoms with van der Waals surface area (Å²) in [7, 11) is -6.59. The third kappa shape index (κ3) is 9.62. The second-order valence-electron chi connectivity index (χ2n) is 12.9. The molecule has 11 heteroatoms. The van der Waals surface area contributed by atoms with Crippen molar-refractivity contribution in [3.63, 3.8) is 0 Å². The topological polar surface area (TPSA) is 138 Å². The van der Waals surface area contributed by atoms with Gasteiger partial charge in [0.25, 0.3) is 5.91 Å². The minimum atomic E-state index is -3.41. The van der Waals surface area contributed by atoms with Crippen LogP contribution in [0, 0.1) is 12.8 Å². The number of nitrogens with one attached hydrogen (secondary N) is 1. The van der Waals surface area contributed by atoms with E-state index in [1.54, 1.807) is 6.07 Å². The minimum absolute atomic E-state index is 0.0744. The van der Waals surface area contributed by atoms with E-state index in [1.807, 2.05) is 43.3 Å². The van der Waals surface area contributed by atoms with E-state index in [0.29, 0.717) is 29.6 Å². The number of aryl methyl sites for hydroxylation is 1. The zero-order valence-corrected chi connectivity index (χ0v) is 27.6. The highest BCUT2D eigenvalue weighted by molar-refractivity contribution is 7.90. The first-order chi connectivity index (χ1) is 20.7. The van der Waals surface area contributed by atoms with Crippen LogP contribution in [0.2, 0.25) is 0 Å². The van der Waals surface area contributed by atoms with Crippen molar-refractivity contribution < 1.29 is 31.5 Å². The lowest BCUT2D eigenvalue weighted by Gasteiger charge is -2.33. The van der Waals surface area contributed by atoms with Crippen LogP contribution in [0.25, 0.3) is 11.1 Å². The van der Waals surface area contributed by atoms with Gasteiger partial charge in [-0.1, -0.05) is 62.4 Å². The summed E-state index contributed by atoms with van der Waals surface area (Å²) in [4.78, 5) is 27.8. The van der Waals surface area contributed by atoms with Crippen LogP contribution >= 0.6 is 0 Å². The number of rotatable bonds is 13. The molecule has 4 rings (SSSR count). The highest BCUT2D eigenvalue weighted by Crippen LogP contribution is 2.36. The Labute approximate surface area is 262 Å². The van der Waals surface area contributed by atoms with Crippen LogP contribution in [0.3, 0.4) is 0 Å². The number of hydrogen-bond acceptors (Lipinski definition) is 7. The number of hydrogen-bond donors (Lipinski definition) is 2. The molecular weight excluding hydrogens is 601 g/mol. The molecule has 1 aliphatic heterocycles. The number of sulfone groups is 2. The van der Waals surface area contributed by atoms with Gasteiger partial charge in [0.2, 0.25) is 0 Å². The number of carboxylic acid groups (broad SMARTS) is 1. The van der Waals surface area contributed by atoms with Crippen molar-refractivity contribution in [3.8, 4) is 11.1 Å². The quantitative estimate of drug-likeness (QED) is 0.322. The first-order valence-electron chi connectivity index (χ1n) is 15.5. The van der Waals surface area contributed by atoms with Gasteiger partial charge in [-0.2, -0.15) is 0 Å². The summed E-state index contributed by atoms with van der Waals surface area (Å²) >= 11 is 0. The average molecular weight is 647 g/mol. The Hall–Kier alpha value is -2.76. The second kappa shape index (κ2) is 14.6. The van der Waals surface area contributed by atoms with Crippen molar-refractivity contribution in [2.45, 2.75) is 89.4 Å². The molecule has 3 atom stereocenters. The monoisotopic (exact) mass is 646 g/mol. The molecule has 1 saturated heterocycles. The third-order valence-electron chi connectivity index (χ3n) is 9.11. The van der Waals surface area contributed by atoms with Crippen molar-refractivity contribution in [3.05, 3.63) is 59.2 Å². The van der Waals surface area contributed by atoms with Gasteiger partial charge >= 0.3 is 5.97 Å². The number of aliphatic carboxylic acids is 1. The van der Waals surface area contributed by atoms with Gasteiger partial charge in [0.05, 0.1) is 11.5 Å². The van der Waals surface area contributed by atoms with Crippen molar-refractivity contribution in [1.29, 1.82) is 0 Å². The fourth-order valence-electron chi connectivity index (χ4n) is 6.88. The van der Waals surface area contributed by atoms with Crippen LogP contribution in [0.1, 0.15) is 79.3 Å². The lowest BCUT2D eigenvalue weighted by Crippen LogP contribution is -2.42. The normalized spacial score (nSPS) is 20.8. The first-order valence-corrected chi connectivity index (χ1v) is 19.7. The molecule has 1 saturated carbocycles. The van der Waals surface area contributed by atoms with Gasteiger partial charge in [0.15, 0.2) is 0 Å². The zero-order valence-electron chi connectivity index (χ0n) is 26.0. The number of nitrogens with zero attached hydrogens (tertiary/aromatic N) is 1. The Balaban J connectivity index is 1.66. The maximum Gasteiger partial charge on any atom is 0.326 e. The van der Waals surface area contributed by atoms with E-state index >= 15 is 0 Å². The number of carbonyl (C=O) groups excluding carboxylic acids is 1. The van der Waals surface area contributed by atoms with E-state index in [-0.39, 0.29) is 24.0 Å². The minimum Gasteiger partial charge on any atom is -0.480 e. The summed E-state index contributed by atoms with van der Waals surface area (Å²) in [6.07, 6.45) is 11.2. The van der Waals surface area contributed by atoms with E-state index in [2.05, 4.69) is 10.2 Å². The molecule has 1 aliphatic carbocycles. The average Bonchev–Trinajstić information content (AvgIpc) is 3.29. The molecule has 0 bridgehead atoms. The van der Waals surface area contributed by atoms with E-state index in [9.17, 15) is 31.5 Å². The number of likely N-dealkylation sites (tertiary alicyclic amines) is 1. The fourth-order valence-corrected chi connectivity index (χ4v) is 8.60. The van der Waals surface area contributed by atoms with E-state index in [0.717, 1.165) is 42.2 Å². The molecule has 1 heterocycles. The smallest absolute Gasteiger partial charge is 0.326 e. The van der Waals surface area contributed by atoms with E-state index in [4.69, 9.17) is 0 Å². The molecule has 0 radical (unpaired) electrons. The van der Waals surface area contributed by atoms with Crippen LogP contribution in [0.4, 0.5) is 0 Å². The predicted molar refractivity (Wildman–Crippen MR) is 173 cm³/mol. The largest absolute Gasteiger partial charge is 0.480 e. The molecule has 242 valence electrons. The van der Waals surface area contributed by atoms with Crippen molar-refractivity contribution in [2.24, 2.45) is 5.92 Å². The molecule has 44 heavy (non-hydrogen) atoms. The SMILES string of the molecule is Cc1ccccc1-c1cc(CN2[C@@H](CS(C)(=O)=O)CC[C@H]2CC2CCCCC2)ccc1C(=O)N[C@@H](CCS(C)(=O)=O)C(=O)O. The molecule has 2 aromatic rings. The number of carboxylic acids is 1. The summed E-state index contributed by atoms with van der Waals surface area (Å²) in [5.74, 6) is -1.48. The van der Waals surface area contributed by atoms with Gasteiger partial charge in [-0.3, -0.25) is 9.69 Å². The summed E-state index contributed by atoms with van der Waals surface area (Å²) < 4.78 is 48.1. The Morgan fingerprint density at radius 3 is 2.23 bits per heavy atom. The molecule has 2 fully saturated rings. The number of amides is 1. The first kappa shape index (κ1) is 34.1. The summed E-state index contributed by atoms with van der Waals surface area (Å²) in [6, 6.07) is 12.0. The molecule has 2 aromatic carbocycles. The van der Waals surface area contributed by atoms with Gasteiger partial charge in [0, 0.05) is 36.7 Å². The molecule has 2 aliphatic rings. The van der Waals surface area contributed by atoms with Crippen LogP contribution in [0.5, 0.6) is 0 Å². The van der Waals surface area contributed by atoms with Crippen molar-refractivity contribution in [1.82, 2.24) is 10.2 Å². The van der Waals surface area contributed by atoms with E-state index in [1.165, 1.54) is 38.4 Å². The molecule has 1 amide bonds. The molecule has 2 N–H and O–H groups in total. The van der Waals surface area contributed by atoms with Crippen LogP contribution < -0.4 is 5.32 Å². The second-order valence-corrected chi connectivity index (χ2v) is 17.3. The highest BCUT2D eigenvalue weighted by atomic mass is 32.2. The Morgan fingerprint density at radius 2 is 1.59 bits per heavy atom. The highest BCUT2D eigenvalue weighted by Gasteiger charge is 2.36. The van der Waals surface area contributed by atoms with Crippen LogP contribution in [-0.2, 0) is 31.0 Å². The van der Waals surface area contributed by atoms with Gasteiger partial charge in [-0.15, -0.1) is 0 Å². The fraction of sp³-hybridized carbons (Fsp3) is 0.576. The number of benzene rings is 2. The zero-order chi connectivity index (χ0) is 32.1. The maximum absolute atomic E-state index is 13.5. The van der Waals surface area contributed by atoms with Gasteiger partial charge in [-0.25, -0.2) is 21.6 Å². The lowest BCUT2D eigenvalue weighted by atomic mass is 9.84. The molecule has 0 aromatic heterocycles. The summed E-state index contributed by atoms with van der Waals surface area (Å²) in [5, 5.41) is 12.2. The van der Waals surface area contributed by atoms with Gasteiger partial charge in [0.1, 0.15) is 25.7 Å². The lowest BCUT2D eigenvalue weighted by molar-refractivity contribution is -0.139. The standard InChI is InChI=1S/C33H46N2O7S2/c1-23-9-7-8-12-28(23)30-20-25(13-16-29(30)32(36)34-31(33(37)38)17-18-43(2,39)40)21-35-26(19-24-10-5-4-6-11-24)14-15-27(35)22-44(3,41)42/h7-9,12-13,16,20,24,26-27,31H,4-6,10-11,14-15,17-19,21-22H2,1-3H3,(H,34,36)(H,37,38)/t26-,27+,31-/m0/s1. The van der Waals surface area contributed by atoms with Gasteiger partial charge in [-0.05, 0) is 72.9 Å². The maximum atomic E-state index is 13.5. The van der Waals surface area contributed by atoms with Crippen LogP contribution in [-0.4, -0.2) is 80.9 Å². The van der Waals surface area contributed by atoms with Crippen molar-refractivity contribution >= 4 is 31.6 Å². The molecular formula is C33H46N2O7S2. The molecule has 0 spiro atoms. The number of carbonyl (C=O) groups is 2. The van der Waals surface area contributed by atoms with E-state index < -0.39 is 37.6 Å². The third-order valence-corrected chi connectivity index (χ3v) is 11.1. The molecule has 0 unspecified atom stereocenters. The Bertz CT molecular complexity index is 1550. The van der Waals surface area contributed by atoms with Crippen molar-refractivity contribution in [2.75, 3.05) is 24.0 Å². The Morgan fingerprint density at radius 1 is 0.909 bits per heavy atom. The summed E-state index contributed by atoms with van der Waals surface area (Å²) in [5.41, 5.74) is 3.66. The summed E-state index contributed by atoms with van der Waals surface area (Å²) in [6.45, 7) is 2.49.